The molecule has 0 spiro atoms. The highest BCUT2D eigenvalue weighted by Gasteiger charge is 2.19. The Morgan fingerprint density at radius 3 is 2.33 bits per heavy atom. The summed E-state index contributed by atoms with van der Waals surface area (Å²) in [6, 6.07) is 16.5. The summed E-state index contributed by atoms with van der Waals surface area (Å²) in [5.41, 5.74) is 2.47. The summed E-state index contributed by atoms with van der Waals surface area (Å²) in [5, 5.41) is 4.51. The maximum Gasteiger partial charge on any atom is 0.128 e. The van der Waals surface area contributed by atoms with E-state index in [2.05, 4.69) is 56.4 Å². The zero-order chi connectivity index (χ0) is 16.2. The van der Waals surface area contributed by atoms with Crippen LogP contribution in [0.5, 0.6) is 0 Å². The third kappa shape index (κ3) is 3.25. The molecular formula is C19H21N5. The van der Waals surface area contributed by atoms with Crippen LogP contribution in [0.15, 0.2) is 67.1 Å². The lowest BCUT2D eigenvalue weighted by molar-refractivity contribution is 0.646. The number of anilines is 2. The van der Waals surface area contributed by atoms with Crippen LogP contribution in [0.25, 0.3) is 0 Å². The molecule has 0 amide bonds. The van der Waals surface area contributed by atoms with E-state index in [9.17, 15) is 0 Å². The number of rotatable bonds is 4. The fourth-order valence-electron chi connectivity index (χ4n) is 3.11. The van der Waals surface area contributed by atoms with E-state index in [1.807, 2.05) is 35.3 Å². The lowest BCUT2D eigenvalue weighted by Crippen LogP contribution is -2.46. The van der Waals surface area contributed by atoms with Gasteiger partial charge in [0.25, 0.3) is 0 Å². The molecule has 0 radical (unpaired) electrons. The smallest absolute Gasteiger partial charge is 0.128 e. The Bertz CT molecular complexity index is 761. The lowest BCUT2D eigenvalue weighted by Gasteiger charge is -2.35. The van der Waals surface area contributed by atoms with Crippen molar-refractivity contribution in [2.45, 2.75) is 6.54 Å². The standard InChI is InChI=1S/C19H21N5/c1-2-6-17(7-3-1)15-24-16-18(14-21-24)22-10-12-23(13-11-22)19-8-4-5-9-20-19/h1-9,14,16H,10-13,15H2. The van der Waals surface area contributed by atoms with Crippen molar-refractivity contribution >= 4 is 11.5 Å². The molecule has 1 aliphatic rings. The largest absolute Gasteiger partial charge is 0.365 e. The highest BCUT2D eigenvalue weighted by atomic mass is 15.3. The number of aromatic nitrogens is 3. The van der Waals surface area contributed by atoms with Gasteiger partial charge in [-0.05, 0) is 17.7 Å². The van der Waals surface area contributed by atoms with Crippen LogP contribution in [0.2, 0.25) is 0 Å². The Labute approximate surface area is 142 Å². The Morgan fingerprint density at radius 1 is 0.833 bits per heavy atom. The van der Waals surface area contributed by atoms with Crippen LogP contribution in [0.3, 0.4) is 0 Å². The second kappa shape index (κ2) is 6.74. The first-order chi connectivity index (χ1) is 11.9. The highest BCUT2D eigenvalue weighted by Crippen LogP contribution is 2.18. The predicted molar refractivity (Wildman–Crippen MR) is 96.4 cm³/mol. The normalized spacial score (nSPS) is 14.8. The summed E-state index contributed by atoms with van der Waals surface area (Å²) in [5.74, 6) is 1.07. The molecule has 4 rings (SSSR count). The quantitative estimate of drug-likeness (QED) is 0.741. The molecule has 0 bridgehead atoms. The second-order valence-electron chi connectivity index (χ2n) is 6.04. The third-order valence-corrected chi connectivity index (χ3v) is 4.43. The molecule has 3 heterocycles. The molecule has 1 fully saturated rings. The fraction of sp³-hybridized carbons (Fsp3) is 0.263. The van der Waals surface area contributed by atoms with E-state index in [0.29, 0.717) is 0 Å². The number of piperazine rings is 1. The monoisotopic (exact) mass is 319 g/mol. The van der Waals surface area contributed by atoms with Gasteiger partial charge in [0.1, 0.15) is 5.82 Å². The van der Waals surface area contributed by atoms with Crippen molar-refractivity contribution in [3.05, 3.63) is 72.7 Å². The van der Waals surface area contributed by atoms with Crippen LogP contribution in [0, 0.1) is 0 Å². The molecular weight excluding hydrogens is 298 g/mol. The van der Waals surface area contributed by atoms with Crippen LogP contribution >= 0.6 is 0 Å². The van der Waals surface area contributed by atoms with E-state index < -0.39 is 0 Å². The number of hydrogen-bond acceptors (Lipinski definition) is 4. The number of benzene rings is 1. The minimum Gasteiger partial charge on any atom is -0.365 e. The lowest BCUT2D eigenvalue weighted by atomic mass is 10.2. The maximum absolute atomic E-state index is 4.51. The van der Waals surface area contributed by atoms with Gasteiger partial charge in [0.05, 0.1) is 18.4 Å². The summed E-state index contributed by atoms with van der Waals surface area (Å²) >= 11 is 0. The summed E-state index contributed by atoms with van der Waals surface area (Å²) in [4.78, 5) is 9.18. The van der Waals surface area contributed by atoms with Crippen LogP contribution in [0.1, 0.15) is 5.56 Å². The summed E-state index contributed by atoms with van der Waals surface area (Å²) < 4.78 is 2.01. The van der Waals surface area contributed by atoms with Crippen molar-refractivity contribution in [3.8, 4) is 0 Å². The van der Waals surface area contributed by atoms with E-state index in [0.717, 1.165) is 38.5 Å². The zero-order valence-corrected chi connectivity index (χ0v) is 13.6. The van der Waals surface area contributed by atoms with Crippen molar-refractivity contribution in [2.24, 2.45) is 0 Å². The number of pyridine rings is 1. The van der Waals surface area contributed by atoms with Gasteiger partial charge in [-0.15, -0.1) is 0 Å². The molecule has 5 heteroatoms. The molecule has 1 aliphatic heterocycles. The number of hydrogen-bond donors (Lipinski definition) is 0. The topological polar surface area (TPSA) is 37.2 Å². The molecule has 5 nitrogen and oxygen atoms in total. The van der Waals surface area contributed by atoms with Gasteiger partial charge in [0.15, 0.2) is 0 Å². The van der Waals surface area contributed by atoms with E-state index >= 15 is 0 Å². The van der Waals surface area contributed by atoms with Crippen LogP contribution in [-0.2, 0) is 6.54 Å². The molecule has 24 heavy (non-hydrogen) atoms. The Balaban J connectivity index is 1.38. The van der Waals surface area contributed by atoms with Crippen molar-refractivity contribution in [2.75, 3.05) is 36.0 Å². The van der Waals surface area contributed by atoms with Crippen LogP contribution < -0.4 is 9.80 Å². The highest BCUT2D eigenvalue weighted by molar-refractivity contribution is 5.46. The van der Waals surface area contributed by atoms with Gasteiger partial charge in [0.2, 0.25) is 0 Å². The van der Waals surface area contributed by atoms with Gasteiger partial charge < -0.3 is 9.80 Å². The molecule has 2 aromatic heterocycles. The molecule has 0 unspecified atom stereocenters. The third-order valence-electron chi connectivity index (χ3n) is 4.43. The Kier molecular flexibility index (Phi) is 4.14. The van der Waals surface area contributed by atoms with Crippen molar-refractivity contribution in [3.63, 3.8) is 0 Å². The first-order valence-electron chi connectivity index (χ1n) is 8.36. The molecule has 1 saturated heterocycles. The van der Waals surface area contributed by atoms with Crippen LogP contribution in [-0.4, -0.2) is 40.9 Å². The molecule has 0 saturated carbocycles. The van der Waals surface area contributed by atoms with Crippen molar-refractivity contribution < 1.29 is 0 Å². The van der Waals surface area contributed by atoms with E-state index in [1.54, 1.807) is 0 Å². The predicted octanol–water partition coefficient (Wildman–Crippen LogP) is 2.65. The SMILES string of the molecule is c1ccc(Cn2cc(N3CCN(c4ccccn4)CC3)cn2)cc1. The molecule has 1 aromatic carbocycles. The molecule has 0 aliphatic carbocycles. The number of nitrogens with zero attached hydrogens (tertiary/aromatic N) is 5. The molecule has 0 atom stereocenters. The van der Waals surface area contributed by atoms with Gasteiger partial charge in [-0.2, -0.15) is 5.10 Å². The summed E-state index contributed by atoms with van der Waals surface area (Å²) in [6.07, 6.45) is 5.97. The summed E-state index contributed by atoms with van der Waals surface area (Å²) in [6.45, 7) is 4.78. The molecule has 0 N–H and O–H groups in total. The maximum atomic E-state index is 4.51. The van der Waals surface area contributed by atoms with Gasteiger partial charge >= 0.3 is 0 Å². The van der Waals surface area contributed by atoms with E-state index in [4.69, 9.17) is 0 Å². The molecule has 122 valence electrons. The van der Waals surface area contributed by atoms with Crippen molar-refractivity contribution in [1.82, 2.24) is 14.8 Å². The second-order valence-corrected chi connectivity index (χ2v) is 6.04. The Hall–Kier alpha value is -2.82. The van der Waals surface area contributed by atoms with Gasteiger partial charge in [0, 0.05) is 38.6 Å². The Morgan fingerprint density at radius 2 is 1.58 bits per heavy atom. The van der Waals surface area contributed by atoms with Gasteiger partial charge in [-0.25, -0.2) is 4.98 Å². The first kappa shape index (κ1) is 14.8. The molecule has 3 aromatic rings. The van der Waals surface area contributed by atoms with E-state index in [1.165, 1.54) is 11.3 Å². The first-order valence-corrected chi connectivity index (χ1v) is 8.36. The van der Waals surface area contributed by atoms with Gasteiger partial charge in [-0.3, -0.25) is 4.68 Å². The summed E-state index contributed by atoms with van der Waals surface area (Å²) in [7, 11) is 0. The van der Waals surface area contributed by atoms with E-state index in [-0.39, 0.29) is 0 Å². The van der Waals surface area contributed by atoms with Crippen molar-refractivity contribution in [1.29, 1.82) is 0 Å². The average Bonchev–Trinajstić information content (AvgIpc) is 3.12. The zero-order valence-electron chi connectivity index (χ0n) is 13.6. The minimum atomic E-state index is 0.814. The fourth-order valence-corrected chi connectivity index (χ4v) is 3.11. The minimum absolute atomic E-state index is 0.814. The van der Waals surface area contributed by atoms with Gasteiger partial charge in [-0.1, -0.05) is 36.4 Å². The van der Waals surface area contributed by atoms with Crippen LogP contribution in [0.4, 0.5) is 11.5 Å². The average molecular weight is 319 g/mol.